The second-order valence-electron chi connectivity index (χ2n) is 1.36. The van der Waals surface area contributed by atoms with Crippen LogP contribution in [0.3, 0.4) is 0 Å². The highest BCUT2D eigenvalue weighted by Crippen LogP contribution is 2.05. The van der Waals surface area contributed by atoms with Crippen LogP contribution in [0.4, 0.5) is 0 Å². The molecule has 0 rings (SSSR count). The van der Waals surface area contributed by atoms with Crippen LogP contribution in [-0.4, -0.2) is 13.7 Å². The van der Waals surface area contributed by atoms with Crippen LogP contribution in [0.2, 0.25) is 0 Å². The molecule has 0 spiro atoms. The van der Waals surface area contributed by atoms with Gasteiger partial charge in [-0.2, -0.15) is 0 Å². The molecular formula is C6H13O2. The standard InChI is InChI=1S/C6H13O2/c1-4-6(7-3)8-5-2/h4-5H2,1-3H3. The van der Waals surface area contributed by atoms with E-state index >= 15 is 0 Å². The van der Waals surface area contributed by atoms with Crippen molar-refractivity contribution in [3.63, 3.8) is 0 Å². The number of ether oxygens (including phenoxy) is 2. The Bertz CT molecular complexity index is 41.8. The summed E-state index contributed by atoms with van der Waals surface area (Å²) in [5.41, 5.74) is 0. The molecule has 49 valence electrons. The molecule has 2 heteroatoms. The fraction of sp³-hybridized carbons (Fsp3) is 0.833. The molecule has 0 saturated heterocycles. The summed E-state index contributed by atoms with van der Waals surface area (Å²) in [7, 11) is 1.62. The summed E-state index contributed by atoms with van der Waals surface area (Å²) in [5, 5.41) is 0. The molecule has 8 heavy (non-hydrogen) atoms. The lowest BCUT2D eigenvalue weighted by Crippen LogP contribution is -2.03. The van der Waals surface area contributed by atoms with E-state index in [1.807, 2.05) is 13.8 Å². The van der Waals surface area contributed by atoms with Gasteiger partial charge in [0.1, 0.15) is 0 Å². The Labute approximate surface area is 50.8 Å². The van der Waals surface area contributed by atoms with E-state index < -0.39 is 0 Å². The minimum Gasteiger partial charge on any atom is -0.349 e. The van der Waals surface area contributed by atoms with Crippen molar-refractivity contribution < 1.29 is 9.47 Å². The normalized spacial score (nSPS) is 10.5. The smallest absolute Gasteiger partial charge is 0.223 e. The molecule has 0 bridgehead atoms. The van der Waals surface area contributed by atoms with Crippen molar-refractivity contribution in [1.82, 2.24) is 0 Å². The number of methoxy groups -OCH3 is 1. The first kappa shape index (κ1) is 7.92. The van der Waals surface area contributed by atoms with Crippen LogP contribution in [0, 0.1) is 6.29 Å². The Morgan fingerprint density at radius 3 is 2.12 bits per heavy atom. The van der Waals surface area contributed by atoms with Gasteiger partial charge < -0.3 is 9.47 Å². The SMILES string of the molecule is CCO[C](CC)OC. The maximum atomic E-state index is 5.03. The van der Waals surface area contributed by atoms with Gasteiger partial charge in [0.25, 0.3) is 0 Å². The molecule has 0 saturated carbocycles. The molecular weight excluding hydrogens is 104 g/mol. The summed E-state index contributed by atoms with van der Waals surface area (Å²) < 4.78 is 9.87. The van der Waals surface area contributed by atoms with Gasteiger partial charge in [-0.15, -0.1) is 0 Å². The Morgan fingerprint density at radius 2 is 2.00 bits per heavy atom. The van der Waals surface area contributed by atoms with Gasteiger partial charge in [-0.25, -0.2) is 0 Å². The first-order chi connectivity index (χ1) is 3.85. The predicted octanol–water partition coefficient (Wildman–Crippen LogP) is 1.57. The monoisotopic (exact) mass is 117 g/mol. The summed E-state index contributed by atoms with van der Waals surface area (Å²) in [6.45, 7) is 4.63. The topological polar surface area (TPSA) is 18.5 Å². The highest BCUT2D eigenvalue weighted by Gasteiger charge is 2.02. The van der Waals surface area contributed by atoms with Crippen LogP contribution >= 0.6 is 0 Å². The highest BCUT2D eigenvalue weighted by molar-refractivity contribution is 4.58. The maximum Gasteiger partial charge on any atom is 0.223 e. The molecule has 0 heterocycles. The van der Waals surface area contributed by atoms with Gasteiger partial charge in [0.15, 0.2) is 0 Å². The van der Waals surface area contributed by atoms with Gasteiger partial charge in [0, 0.05) is 20.1 Å². The van der Waals surface area contributed by atoms with Crippen LogP contribution < -0.4 is 0 Å². The molecule has 0 atom stereocenters. The van der Waals surface area contributed by atoms with Crippen molar-refractivity contribution in [2.24, 2.45) is 0 Å². The van der Waals surface area contributed by atoms with E-state index in [4.69, 9.17) is 9.47 Å². The van der Waals surface area contributed by atoms with Crippen molar-refractivity contribution in [1.29, 1.82) is 0 Å². The number of hydrogen-bond acceptors (Lipinski definition) is 2. The van der Waals surface area contributed by atoms with E-state index in [1.54, 1.807) is 7.11 Å². The van der Waals surface area contributed by atoms with Crippen LogP contribution in [0.1, 0.15) is 20.3 Å². The van der Waals surface area contributed by atoms with E-state index in [-0.39, 0.29) is 0 Å². The quantitative estimate of drug-likeness (QED) is 0.556. The predicted molar refractivity (Wildman–Crippen MR) is 32.2 cm³/mol. The molecule has 0 aromatic carbocycles. The zero-order valence-electron chi connectivity index (χ0n) is 5.73. The average Bonchev–Trinajstić information content (AvgIpc) is 1.83. The fourth-order valence-corrected chi connectivity index (χ4v) is 0.466. The lowest BCUT2D eigenvalue weighted by atomic mass is 10.5. The Morgan fingerprint density at radius 1 is 1.38 bits per heavy atom. The molecule has 0 fully saturated rings. The van der Waals surface area contributed by atoms with E-state index in [0.717, 1.165) is 6.42 Å². The largest absolute Gasteiger partial charge is 0.349 e. The molecule has 1 radical (unpaired) electrons. The third-order valence-electron chi connectivity index (χ3n) is 0.822. The summed E-state index contributed by atoms with van der Waals surface area (Å²) in [6, 6.07) is 0. The average molecular weight is 117 g/mol. The zero-order valence-corrected chi connectivity index (χ0v) is 5.73. The van der Waals surface area contributed by atoms with E-state index in [9.17, 15) is 0 Å². The molecule has 2 nitrogen and oxygen atoms in total. The van der Waals surface area contributed by atoms with Crippen molar-refractivity contribution in [3.8, 4) is 0 Å². The van der Waals surface area contributed by atoms with Crippen LogP contribution in [0.5, 0.6) is 0 Å². The van der Waals surface area contributed by atoms with Crippen molar-refractivity contribution in [2.45, 2.75) is 20.3 Å². The lowest BCUT2D eigenvalue weighted by Gasteiger charge is -2.08. The lowest BCUT2D eigenvalue weighted by molar-refractivity contribution is -0.0211. The molecule has 0 aliphatic heterocycles. The fourth-order valence-electron chi connectivity index (χ4n) is 0.466. The first-order valence-corrected chi connectivity index (χ1v) is 2.87. The molecule has 0 aromatic heterocycles. The van der Waals surface area contributed by atoms with E-state index in [2.05, 4.69) is 0 Å². The third-order valence-corrected chi connectivity index (χ3v) is 0.822. The van der Waals surface area contributed by atoms with Gasteiger partial charge in [0.2, 0.25) is 6.29 Å². The van der Waals surface area contributed by atoms with Gasteiger partial charge in [0.05, 0.1) is 0 Å². The van der Waals surface area contributed by atoms with Crippen molar-refractivity contribution in [3.05, 3.63) is 6.29 Å². The highest BCUT2D eigenvalue weighted by atomic mass is 16.7. The summed E-state index contributed by atoms with van der Waals surface area (Å²) in [5.74, 6) is 0. The summed E-state index contributed by atoms with van der Waals surface area (Å²) in [4.78, 5) is 0. The molecule has 0 unspecified atom stereocenters. The summed E-state index contributed by atoms with van der Waals surface area (Å²) in [6.07, 6.45) is 1.55. The molecule has 0 aliphatic carbocycles. The second-order valence-corrected chi connectivity index (χ2v) is 1.36. The second kappa shape index (κ2) is 5.06. The molecule has 0 aliphatic rings. The van der Waals surface area contributed by atoms with Crippen LogP contribution in [0.15, 0.2) is 0 Å². The van der Waals surface area contributed by atoms with Gasteiger partial charge in [-0.05, 0) is 6.92 Å². The van der Waals surface area contributed by atoms with E-state index in [1.165, 1.54) is 0 Å². The van der Waals surface area contributed by atoms with Gasteiger partial charge in [-0.3, -0.25) is 0 Å². The Balaban J connectivity index is 3.07. The van der Waals surface area contributed by atoms with Crippen LogP contribution in [-0.2, 0) is 9.47 Å². The van der Waals surface area contributed by atoms with Crippen LogP contribution in [0.25, 0.3) is 0 Å². The Kier molecular flexibility index (Phi) is 5.01. The van der Waals surface area contributed by atoms with Gasteiger partial charge in [-0.1, -0.05) is 6.92 Å². The molecule has 0 N–H and O–H groups in total. The number of rotatable bonds is 4. The van der Waals surface area contributed by atoms with Crippen molar-refractivity contribution >= 4 is 0 Å². The zero-order chi connectivity index (χ0) is 6.41. The molecule has 0 amide bonds. The molecule has 0 aromatic rings. The third kappa shape index (κ3) is 2.99. The van der Waals surface area contributed by atoms with Gasteiger partial charge >= 0.3 is 0 Å². The van der Waals surface area contributed by atoms with E-state index in [0.29, 0.717) is 12.9 Å². The maximum absolute atomic E-state index is 5.03. The Hall–Kier alpha value is -0.0800. The van der Waals surface area contributed by atoms with Crippen molar-refractivity contribution in [2.75, 3.05) is 13.7 Å². The number of hydrogen-bond donors (Lipinski definition) is 0. The summed E-state index contributed by atoms with van der Waals surface area (Å²) >= 11 is 0. The minimum absolute atomic E-state index is 0.691. The first-order valence-electron chi connectivity index (χ1n) is 2.87. The minimum atomic E-state index is 0.691.